The second-order valence-electron chi connectivity index (χ2n) is 10.7. The number of aryl methyl sites for hydroxylation is 2. The van der Waals surface area contributed by atoms with Crippen molar-refractivity contribution >= 4 is 43.5 Å². The molecule has 7 nitrogen and oxygen atoms in total. The molecule has 0 saturated carbocycles. The van der Waals surface area contributed by atoms with Gasteiger partial charge in [0.05, 0.1) is 10.6 Å². The maximum absolute atomic E-state index is 14.0. The molecule has 3 rings (SSSR count). The van der Waals surface area contributed by atoms with Crippen molar-refractivity contribution in [2.75, 3.05) is 10.8 Å². The van der Waals surface area contributed by atoms with Crippen LogP contribution >= 0.6 is 15.9 Å². The predicted octanol–water partition coefficient (Wildman–Crippen LogP) is 5.59. The third-order valence-corrected chi connectivity index (χ3v) is 8.64. The molecule has 1 N–H and O–H groups in total. The van der Waals surface area contributed by atoms with Gasteiger partial charge in [-0.1, -0.05) is 52.3 Å². The van der Waals surface area contributed by atoms with Crippen LogP contribution in [0.4, 0.5) is 5.69 Å². The van der Waals surface area contributed by atoms with Gasteiger partial charge >= 0.3 is 0 Å². The average molecular weight is 615 g/mol. The number of rotatable bonds is 9. The molecule has 0 bridgehead atoms. The van der Waals surface area contributed by atoms with Crippen LogP contribution in [0.2, 0.25) is 0 Å². The number of anilines is 1. The topological polar surface area (TPSA) is 86.8 Å². The van der Waals surface area contributed by atoms with Gasteiger partial charge in [-0.05, 0) is 94.6 Å². The molecule has 208 valence electrons. The lowest BCUT2D eigenvalue weighted by atomic mass is 10.1. The van der Waals surface area contributed by atoms with E-state index in [0.29, 0.717) is 5.69 Å². The lowest BCUT2D eigenvalue weighted by molar-refractivity contribution is -0.140. The molecule has 0 aliphatic carbocycles. The zero-order valence-corrected chi connectivity index (χ0v) is 25.6. The second kappa shape index (κ2) is 12.3. The molecule has 0 heterocycles. The Balaban J connectivity index is 2.04. The summed E-state index contributed by atoms with van der Waals surface area (Å²) in [5, 5.41) is 2.93. The summed E-state index contributed by atoms with van der Waals surface area (Å²) in [5.41, 5.74) is 2.60. The van der Waals surface area contributed by atoms with Crippen molar-refractivity contribution in [3.8, 4) is 0 Å². The SMILES string of the molecule is Cc1ccc(N(CC(=O)N(Cc2ccc(Br)cc2)[C@H](C)C(=O)NC(C)(C)C)S(=O)(=O)c2ccccc2)cc1C. The minimum atomic E-state index is -4.09. The Morgan fingerprint density at radius 3 is 2.10 bits per heavy atom. The highest BCUT2D eigenvalue weighted by molar-refractivity contribution is 9.10. The molecule has 0 radical (unpaired) electrons. The summed E-state index contributed by atoms with van der Waals surface area (Å²) in [7, 11) is -4.09. The maximum atomic E-state index is 14.0. The van der Waals surface area contributed by atoms with Gasteiger partial charge in [0.25, 0.3) is 10.0 Å². The molecular weight excluding hydrogens is 578 g/mol. The predicted molar refractivity (Wildman–Crippen MR) is 159 cm³/mol. The molecule has 9 heteroatoms. The highest BCUT2D eigenvalue weighted by Crippen LogP contribution is 2.26. The van der Waals surface area contributed by atoms with E-state index in [1.165, 1.54) is 17.0 Å². The van der Waals surface area contributed by atoms with Gasteiger partial charge in [0, 0.05) is 16.6 Å². The van der Waals surface area contributed by atoms with E-state index >= 15 is 0 Å². The van der Waals surface area contributed by atoms with Gasteiger partial charge in [0.15, 0.2) is 0 Å². The van der Waals surface area contributed by atoms with Crippen LogP contribution in [0.5, 0.6) is 0 Å². The third kappa shape index (κ3) is 7.92. The van der Waals surface area contributed by atoms with Crippen LogP contribution in [0.25, 0.3) is 0 Å². The number of benzene rings is 3. The largest absolute Gasteiger partial charge is 0.350 e. The van der Waals surface area contributed by atoms with E-state index in [2.05, 4.69) is 21.2 Å². The quantitative estimate of drug-likeness (QED) is 0.341. The van der Waals surface area contributed by atoms with Gasteiger partial charge < -0.3 is 10.2 Å². The summed E-state index contributed by atoms with van der Waals surface area (Å²) in [6.07, 6.45) is 0. The van der Waals surface area contributed by atoms with Crippen LogP contribution < -0.4 is 9.62 Å². The van der Waals surface area contributed by atoms with E-state index < -0.39 is 34.1 Å². The number of hydrogen-bond acceptors (Lipinski definition) is 4. The first-order valence-electron chi connectivity index (χ1n) is 12.7. The highest BCUT2D eigenvalue weighted by Gasteiger charge is 2.33. The fourth-order valence-corrected chi connectivity index (χ4v) is 5.66. The van der Waals surface area contributed by atoms with Crippen molar-refractivity contribution in [2.24, 2.45) is 0 Å². The number of amides is 2. The molecule has 3 aromatic carbocycles. The van der Waals surface area contributed by atoms with Gasteiger partial charge in [-0.25, -0.2) is 8.42 Å². The smallest absolute Gasteiger partial charge is 0.264 e. The minimum absolute atomic E-state index is 0.0778. The molecule has 0 aliphatic rings. The molecule has 0 spiro atoms. The summed E-state index contributed by atoms with van der Waals surface area (Å²) >= 11 is 3.42. The third-order valence-electron chi connectivity index (χ3n) is 6.32. The number of halogens is 1. The van der Waals surface area contributed by atoms with Crippen LogP contribution in [0, 0.1) is 13.8 Å². The highest BCUT2D eigenvalue weighted by atomic mass is 79.9. The molecule has 3 aromatic rings. The molecular formula is C30H36BrN3O4S. The van der Waals surface area contributed by atoms with Crippen LogP contribution in [-0.2, 0) is 26.2 Å². The second-order valence-corrected chi connectivity index (χ2v) is 13.4. The molecule has 0 saturated heterocycles. The van der Waals surface area contributed by atoms with Crippen LogP contribution in [0.15, 0.2) is 82.2 Å². The number of nitrogens with zero attached hydrogens (tertiary/aromatic N) is 2. The van der Waals surface area contributed by atoms with Crippen LogP contribution in [-0.4, -0.2) is 43.3 Å². The number of nitrogens with one attached hydrogen (secondary N) is 1. The van der Waals surface area contributed by atoms with Crippen molar-refractivity contribution in [3.05, 3.63) is 94.0 Å². The van der Waals surface area contributed by atoms with Gasteiger partial charge in [-0.2, -0.15) is 0 Å². The number of carbonyl (C=O) groups excluding carboxylic acids is 2. The Hall–Kier alpha value is -3.17. The Morgan fingerprint density at radius 2 is 1.54 bits per heavy atom. The monoisotopic (exact) mass is 613 g/mol. The molecule has 1 atom stereocenters. The Kier molecular flexibility index (Phi) is 9.61. The van der Waals surface area contributed by atoms with Crippen molar-refractivity contribution in [3.63, 3.8) is 0 Å². The van der Waals surface area contributed by atoms with Gasteiger partial charge in [-0.3, -0.25) is 13.9 Å². The molecule has 0 unspecified atom stereocenters. The average Bonchev–Trinajstić information content (AvgIpc) is 2.87. The lowest BCUT2D eigenvalue weighted by Crippen LogP contribution is -2.54. The summed E-state index contributed by atoms with van der Waals surface area (Å²) in [4.78, 5) is 28.6. The first kappa shape index (κ1) is 30.4. The Labute approximate surface area is 240 Å². The molecule has 0 aliphatic heterocycles. The standard InChI is InChI=1S/C30H36BrN3O4S/c1-21-12-17-26(18-22(21)2)34(39(37,38)27-10-8-7-9-11-27)20-28(35)33(19-24-13-15-25(31)16-14-24)23(3)29(36)32-30(4,5)6/h7-18,23H,19-20H2,1-6H3,(H,32,36)/t23-/m1/s1. The lowest BCUT2D eigenvalue weighted by Gasteiger charge is -2.33. The normalized spacial score (nSPS) is 12.5. The first-order chi connectivity index (χ1) is 18.2. The maximum Gasteiger partial charge on any atom is 0.264 e. The number of carbonyl (C=O) groups is 2. The number of sulfonamides is 1. The van der Waals surface area contributed by atoms with Crippen LogP contribution in [0.1, 0.15) is 44.4 Å². The van der Waals surface area contributed by atoms with Crippen molar-refractivity contribution in [1.29, 1.82) is 0 Å². The fraction of sp³-hybridized carbons (Fsp3) is 0.333. The van der Waals surface area contributed by atoms with E-state index in [1.54, 1.807) is 37.3 Å². The minimum Gasteiger partial charge on any atom is -0.350 e. The summed E-state index contributed by atoms with van der Waals surface area (Å²) in [6, 6.07) is 19.9. The van der Waals surface area contributed by atoms with Crippen LogP contribution in [0.3, 0.4) is 0 Å². The van der Waals surface area contributed by atoms with Crippen molar-refractivity contribution in [2.45, 2.75) is 64.6 Å². The van der Waals surface area contributed by atoms with Gasteiger partial charge in [-0.15, -0.1) is 0 Å². The molecule has 2 amide bonds. The number of hydrogen-bond donors (Lipinski definition) is 1. The van der Waals surface area contributed by atoms with Gasteiger partial charge in [0.2, 0.25) is 11.8 Å². The zero-order chi connectivity index (χ0) is 29.0. The van der Waals surface area contributed by atoms with Crippen molar-refractivity contribution in [1.82, 2.24) is 10.2 Å². The first-order valence-corrected chi connectivity index (χ1v) is 14.9. The van der Waals surface area contributed by atoms with E-state index in [1.807, 2.05) is 65.0 Å². The molecule has 0 aromatic heterocycles. The van der Waals surface area contributed by atoms with E-state index in [4.69, 9.17) is 0 Å². The summed E-state index contributed by atoms with van der Waals surface area (Å²) in [6.45, 7) is 10.8. The van der Waals surface area contributed by atoms with E-state index in [-0.39, 0.29) is 17.3 Å². The summed E-state index contributed by atoms with van der Waals surface area (Å²) < 4.78 is 29.7. The zero-order valence-electron chi connectivity index (χ0n) is 23.2. The van der Waals surface area contributed by atoms with Crippen molar-refractivity contribution < 1.29 is 18.0 Å². The summed E-state index contributed by atoms with van der Waals surface area (Å²) in [5.74, 6) is -0.816. The Bertz CT molecular complexity index is 1420. The fourth-order valence-electron chi connectivity index (χ4n) is 3.97. The molecule has 39 heavy (non-hydrogen) atoms. The Morgan fingerprint density at radius 1 is 0.923 bits per heavy atom. The van der Waals surface area contributed by atoms with Gasteiger partial charge in [0.1, 0.15) is 12.6 Å². The molecule has 0 fully saturated rings. The van der Waals surface area contributed by atoms with E-state index in [9.17, 15) is 18.0 Å². The van der Waals surface area contributed by atoms with E-state index in [0.717, 1.165) is 25.5 Å².